The smallest absolute Gasteiger partial charge is 0.261 e. The molecule has 0 aliphatic carbocycles. The highest BCUT2D eigenvalue weighted by Crippen LogP contribution is 2.35. The van der Waals surface area contributed by atoms with Crippen LogP contribution < -0.4 is 11.1 Å². The van der Waals surface area contributed by atoms with E-state index >= 15 is 0 Å². The fourth-order valence-electron chi connectivity index (χ4n) is 12.6. The number of aromatic nitrogens is 8. The van der Waals surface area contributed by atoms with Crippen molar-refractivity contribution in [3.05, 3.63) is 223 Å². The lowest BCUT2D eigenvalue weighted by atomic mass is 9.98. The molecule has 98 heavy (non-hydrogen) atoms. The largest absolute Gasteiger partial charge is 0.390 e. The zero-order valence-corrected chi connectivity index (χ0v) is 57.9. The minimum Gasteiger partial charge on any atom is -0.390 e. The number of aliphatic hydroxyl groups excluding tert-OH is 1. The first-order chi connectivity index (χ1) is 47.9. The van der Waals surface area contributed by atoms with Gasteiger partial charge in [-0.25, -0.2) is 24.9 Å². The summed E-state index contributed by atoms with van der Waals surface area (Å²) in [4.78, 5) is 64.5. The number of nitrogens with two attached hydrogens (primary N) is 1. The molecule has 11 heterocycles. The van der Waals surface area contributed by atoms with Crippen LogP contribution in [0.5, 0.6) is 0 Å². The molecule has 5 aliphatic rings. The number of aliphatic hydroxyl groups is 1. The maximum absolute atomic E-state index is 13.2. The zero-order valence-electron chi connectivity index (χ0n) is 53.8. The second kappa shape index (κ2) is 30.7. The SMILES string of the molecule is Cc1ccc(-n2nccn2)c(C(=O)NC2COCC2Cc2nc3ccccc3s2)c1.Cc1nc2ccccc2s1.NC1COCC1Cc1nc2ccccc2s1.O=C1c2ccccc2C(=O)N1C1COCC1Cc1nc2ccccc2s1.OC1COCC1Cc1nc2ccccc2s1. The summed E-state index contributed by atoms with van der Waals surface area (Å²) in [7, 11) is 0. The number of nitrogens with one attached hydrogen (secondary N) is 1. The topological polar surface area (TPSA) is 245 Å². The molecular formula is C74H71N11O8S5. The molecule has 0 radical (unpaired) electrons. The van der Waals surface area contributed by atoms with E-state index in [9.17, 15) is 19.5 Å². The van der Waals surface area contributed by atoms with Crippen molar-refractivity contribution in [2.45, 2.75) is 63.8 Å². The Morgan fingerprint density at radius 2 is 0.908 bits per heavy atom. The standard InChI is InChI=1S/C22H21N5O2S.C20H16N2O3S.C12H14N2OS.C12H13NO2S.C8H7NS/c1-14-6-7-19(27-23-8-9-24-27)16(10-14)22(28)26-18-13-29-12-15(18)11-21-25-17-4-2-3-5-20(17)30-21;23-19-13-5-1-2-6-14(13)20(24)22(19)16-11-25-10-12(16)9-18-21-15-7-3-4-8-17(15)26-18;13-9-7-15-6-8(9)5-12-14-10-3-1-2-4-11(10)16-12;14-10-7-15-6-8(10)5-12-13-9-3-1-2-4-11(9)16-12;1-6-9-7-4-2-3-5-8(7)10-6/h2-10,15,18H,11-13H2,1H3,(H,26,28);1-8,12,16H,9-11H2;1-4,8-9H,5-7,13H2;1-4,8,10,14H,5-7H2;2-5H,1H3. The summed E-state index contributed by atoms with van der Waals surface area (Å²) in [5, 5.41) is 26.7. The number of fused-ring (bicyclic) bond motifs is 6. The highest BCUT2D eigenvalue weighted by Gasteiger charge is 2.45. The lowest BCUT2D eigenvalue weighted by molar-refractivity contribution is 0.0542. The van der Waals surface area contributed by atoms with Gasteiger partial charge in [0.1, 0.15) is 0 Å². The summed E-state index contributed by atoms with van der Waals surface area (Å²) in [6.45, 7) is 8.62. The van der Waals surface area contributed by atoms with Gasteiger partial charge in [0.2, 0.25) is 0 Å². The van der Waals surface area contributed by atoms with Crippen molar-refractivity contribution in [2.24, 2.45) is 29.4 Å². The van der Waals surface area contributed by atoms with Crippen LogP contribution in [0.4, 0.5) is 0 Å². The number of carbonyl (C=O) groups excluding carboxylic acids is 3. The van der Waals surface area contributed by atoms with Crippen LogP contribution in [-0.2, 0) is 44.6 Å². The van der Waals surface area contributed by atoms with E-state index in [2.05, 4.69) is 77.9 Å². The number of benzene rings is 7. The number of rotatable bonds is 12. The van der Waals surface area contributed by atoms with Gasteiger partial charge in [-0.1, -0.05) is 84.4 Å². The molecule has 5 aliphatic heterocycles. The van der Waals surface area contributed by atoms with Crippen molar-refractivity contribution < 1.29 is 38.4 Å². The highest BCUT2D eigenvalue weighted by molar-refractivity contribution is 7.19. The van der Waals surface area contributed by atoms with Crippen molar-refractivity contribution in [2.75, 3.05) is 52.9 Å². The molecule has 13 aromatic rings. The molecule has 0 bridgehead atoms. The van der Waals surface area contributed by atoms with Gasteiger partial charge in [0, 0.05) is 55.4 Å². The number of imide groups is 1. The van der Waals surface area contributed by atoms with Gasteiger partial charge < -0.3 is 35.1 Å². The number of thiazole rings is 5. The first kappa shape index (κ1) is 66.7. The molecule has 7 aromatic carbocycles. The summed E-state index contributed by atoms with van der Waals surface area (Å²) < 4.78 is 28.1. The van der Waals surface area contributed by atoms with Gasteiger partial charge >= 0.3 is 0 Å². The van der Waals surface area contributed by atoms with Crippen molar-refractivity contribution in [1.82, 2.24) is 50.1 Å². The summed E-state index contributed by atoms with van der Waals surface area (Å²) in [5.74, 6) is 0.325. The Hall–Kier alpha value is -8.50. The monoisotopic (exact) mass is 1400 g/mol. The molecule has 500 valence electrons. The molecule has 4 fully saturated rings. The van der Waals surface area contributed by atoms with E-state index in [1.807, 2.05) is 111 Å². The van der Waals surface area contributed by atoms with Crippen LogP contribution >= 0.6 is 56.7 Å². The van der Waals surface area contributed by atoms with E-state index in [4.69, 9.17) is 29.7 Å². The Morgan fingerprint density at radius 1 is 0.490 bits per heavy atom. The lowest BCUT2D eigenvalue weighted by Crippen LogP contribution is -2.44. The number of para-hydroxylation sites is 5. The fraction of sp³-hybridized carbons (Fsp3) is 0.297. The van der Waals surface area contributed by atoms with Gasteiger partial charge in [-0.3, -0.25) is 19.3 Å². The van der Waals surface area contributed by atoms with Crippen molar-refractivity contribution in [3.63, 3.8) is 0 Å². The van der Waals surface area contributed by atoms with Crippen LogP contribution in [0.25, 0.3) is 56.8 Å². The molecule has 24 heteroatoms. The maximum atomic E-state index is 13.2. The number of amides is 3. The molecular weight excluding hydrogens is 1330 g/mol. The Bertz CT molecular complexity index is 4620. The van der Waals surface area contributed by atoms with Crippen LogP contribution in [-0.4, -0.2) is 145 Å². The Labute approximate surface area is 585 Å². The molecule has 4 N–H and O–H groups in total. The predicted octanol–water partition coefficient (Wildman–Crippen LogP) is 12.6. The van der Waals surface area contributed by atoms with Gasteiger partial charge in [-0.15, -0.1) is 56.7 Å². The van der Waals surface area contributed by atoms with E-state index in [1.54, 1.807) is 93.3 Å². The van der Waals surface area contributed by atoms with E-state index in [0.29, 0.717) is 81.0 Å². The summed E-state index contributed by atoms with van der Waals surface area (Å²) >= 11 is 8.58. The maximum Gasteiger partial charge on any atom is 0.261 e. The second-order valence-electron chi connectivity index (χ2n) is 24.8. The molecule has 18 rings (SSSR count). The van der Waals surface area contributed by atoms with Crippen molar-refractivity contribution in [3.8, 4) is 5.69 Å². The number of hydrogen-bond acceptors (Lipinski definition) is 21. The predicted molar refractivity (Wildman–Crippen MR) is 387 cm³/mol. The van der Waals surface area contributed by atoms with Crippen LogP contribution in [0.3, 0.4) is 0 Å². The number of aryl methyl sites for hydroxylation is 2. The summed E-state index contributed by atoms with van der Waals surface area (Å²) in [6.07, 6.45) is 6.12. The van der Waals surface area contributed by atoms with Gasteiger partial charge in [0.05, 0.1) is 182 Å². The molecule has 8 atom stereocenters. The third-order valence-corrected chi connectivity index (χ3v) is 23.0. The zero-order chi connectivity index (χ0) is 67.1. The Morgan fingerprint density at radius 3 is 1.40 bits per heavy atom. The minimum atomic E-state index is -0.327. The fourth-order valence-corrected chi connectivity index (χ4v) is 17.7. The minimum absolute atomic E-state index is 0.0662. The van der Waals surface area contributed by atoms with Crippen LogP contribution in [0, 0.1) is 37.5 Å². The van der Waals surface area contributed by atoms with E-state index < -0.39 is 0 Å². The van der Waals surface area contributed by atoms with E-state index in [0.717, 1.165) is 83.7 Å². The first-order valence-corrected chi connectivity index (χ1v) is 36.7. The van der Waals surface area contributed by atoms with Gasteiger partial charge in [0.25, 0.3) is 17.7 Å². The Kier molecular flexibility index (Phi) is 20.9. The first-order valence-electron chi connectivity index (χ1n) is 32.6. The number of carbonyl (C=O) groups is 3. The van der Waals surface area contributed by atoms with E-state index in [-0.39, 0.29) is 59.7 Å². The van der Waals surface area contributed by atoms with Crippen LogP contribution in [0.1, 0.15) is 61.7 Å². The van der Waals surface area contributed by atoms with Gasteiger partial charge in [0.15, 0.2) is 0 Å². The molecule has 0 spiro atoms. The van der Waals surface area contributed by atoms with Crippen molar-refractivity contribution in [1.29, 1.82) is 0 Å². The number of hydrogen-bond donors (Lipinski definition) is 3. The third kappa shape index (κ3) is 15.5. The number of ether oxygens (including phenoxy) is 4. The molecule has 8 unspecified atom stereocenters. The molecule has 4 saturated heterocycles. The molecule has 19 nitrogen and oxygen atoms in total. The number of nitrogens with zero attached hydrogens (tertiary/aromatic N) is 9. The van der Waals surface area contributed by atoms with Crippen LogP contribution in [0.2, 0.25) is 0 Å². The normalized spacial score (nSPS) is 21.0. The Balaban J connectivity index is 0.000000110. The summed E-state index contributed by atoms with van der Waals surface area (Å²) in [5.41, 5.74) is 14.4. The average Bonchev–Trinajstić information content (AvgIpc) is 1.62. The lowest BCUT2D eigenvalue weighted by Gasteiger charge is -2.25. The van der Waals surface area contributed by atoms with Gasteiger partial charge in [-0.2, -0.15) is 15.0 Å². The summed E-state index contributed by atoms with van der Waals surface area (Å²) in [6, 6.07) is 53.3. The highest BCUT2D eigenvalue weighted by atomic mass is 32.1. The third-order valence-electron chi connectivity index (χ3n) is 17.8. The quantitative estimate of drug-likeness (QED) is 0.0963. The molecule has 3 amide bonds. The van der Waals surface area contributed by atoms with Crippen LogP contribution in [0.15, 0.2) is 176 Å². The molecule has 6 aromatic heterocycles. The second-order valence-corrected chi connectivity index (χ2v) is 30.4. The van der Waals surface area contributed by atoms with Crippen molar-refractivity contribution >= 4 is 125 Å². The molecule has 0 saturated carbocycles. The van der Waals surface area contributed by atoms with E-state index in [1.165, 1.54) is 33.5 Å². The average molecular weight is 1400 g/mol. The van der Waals surface area contributed by atoms with Gasteiger partial charge in [-0.05, 0) is 98.8 Å².